The molecule has 0 bridgehead atoms. The lowest BCUT2D eigenvalue weighted by Crippen LogP contribution is -2.24. The molecule has 2 aromatic rings. The Hall–Kier alpha value is -1.93. The van der Waals surface area contributed by atoms with Crippen LogP contribution in [0.4, 0.5) is 10.8 Å². The van der Waals surface area contributed by atoms with Gasteiger partial charge in [-0.2, -0.15) is 0 Å². The third kappa shape index (κ3) is 3.70. The molecule has 1 saturated heterocycles. The van der Waals surface area contributed by atoms with Gasteiger partial charge in [-0.15, -0.1) is 10.2 Å². The van der Waals surface area contributed by atoms with E-state index in [0.29, 0.717) is 23.7 Å². The van der Waals surface area contributed by atoms with Crippen molar-refractivity contribution in [2.45, 2.75) is 24.1 Å². The number of anilines is 2. The van der Waals surface area contributed by atoms with Crippen LogP contribution in [0.5, 0.6) is 0 Å². The maximum atomic E-state index is 12.3. The van der Waals surface area contributed by atoms with Crippen LogP contribution in [0, 0.1) is 0 Å². The van der Waals surface area contributed by atoms with E-state index in [1.807, 2.05) is 13.0 Å². The molecule has 3 rings (SSSR count). The van der Waals surface area contributed by atoms with Crippen molar-refractivity contribution in [3.63, 3.8) is 0 Å². The molecule has 1 aliphatic heterocycles. The molecule has 1 aromatic heterocycles. The number of rotatable bonds is 5. The molecule has 0 aliphatic carbocycles. The predicted molar refractivity (Wildman–Crippen MR) is 92.3 cm³/mol. The first-order valence-corrected chi connectivity index (χ1v) is 9.15. The third-order valence-corrected chi connectivity index (χ3v) is 5.24. The second kappa shape index (κ2) is 7.10. The lowest BCUT2D eigenvalue weighted by molar-refractivity contribution is -0.117. The number of thioether (sulfide) groups is 1. The van der Waals surface area contributed by atoms with Crippen molar-refractivity contribution in [3.05, 3.63) is 29.8 Å². The average Bonchev–Trinajstić information content (AvgIpc) is 3.17. The van der Waals surface area contributed by atoms with E-state index in [-0.39, 0.29) is 11.8 Å². The first kappa shape index (κ1) is 15.9. The van der Waals surface area contributed by atoms with Crippen LogP contribution in [0.3, 0.4) is 0 Å². The number of carbonyl (C=O) groups excluding carboxylic acids is 2. The third-order valence-electron chi connectivity index (χ3n) is 3.39. The van der Waals surface area contributed by atoms with Gasteiger partial charge in [0, 0.05) is 24.2 Å². The summed E-state index contributed by atoms with van der Waals surface area (Å²) in [5.41, 5.74) is 1.27. The van der Waals surface area contributed by atoms with Crippen LogP contribution in [0.25, 0.3) is 0 Å². The summed E-state index contributed by atoms with van der Waals surface area (Å²) in [7, 11) is 0. The van der Waals surface area contributed by atoms with Crippen LogP contribution in [-0.2, 0) is 4.79 Å². The summed E-state index contributed by atoms with van der Waals surface area (Å²) < 4.78 is 0.833. The topological polar surface area (TPSA) is 75.2 Å². The highest BCUT2D eigenvalue weighted by atomic mass is 32.2. The molecule has 8 heteroatoms. The highest BCUT2D eigenvalue weighted by Crippen LogP contribution is 2.26. The fourth-order valence-corrected chi connectivity index (χ4v) is 3.99. The number of nitrogens with one attached hydrogen (secondary N) is 1. The molecule has 1 N–H and O–H groups in total. The van der Waals surface area contributed by atoms with Crippen molar-refractivity contribution in [1.82, 2.24) is 10.2 Å². The SMILES string of the molecule is CCSc1nnc(NC(=O)c2cccc(N3CCCC3=O)c2)s1. The monoisotopic (exact) mass is 348 g/mol. The van der Waals surface area contributed by atoms with Gasteiger partial charge < -0.3 is 4.90 Å². The number of amides is 2. The van der Waals surface area contributed by atoms with Crippen molar-refractivity contribution < 1.29 is 9.59 Å². The number of hydrogen-bond acceptors (Lipinski definition) is 6. The molecule has 0 spiro atoms. The van der Waals surface area contributed by atoms with E-state index >= 15 is 0 Å². The Morgan fingerprint density at radius 3 is 3.04 bits per heavy atom. The molecular formula is C15H16N4O2S2. The summed E-state index contributed by atoms with van der Waals surface area (Å²) in [5.74, 6) is 0.768. The maximum absolute atomic E-state index is 12.3. The zero-order valence-electron chi connectivity index (χ0n) is 12.6. The molecule has 1 aromatic carbocycles. The van der Waals surface area contributed by atoms with E-state index in [4.69, 9.17) is 0 Å². The van der Waals surface area contributed by atoms with Gasteiger partial charge >= 0.3 is 0 Å². The molecule has 1 aliphatic rings. The molecule has 2 amide bonds. The molecular weight excluding hydrogens is 332 g/mol. The van der Waals surface area contributed by atoms with Crippen LogP contribution < -0.4 is 10.2 Å². The molecule has 120 valence electrons. The second-order valence-electron chi connectivity index (χ2n) is 4.96. The summed E-state index contributed by atoms with van der Waals surface area (Å²) in [4.78, 5) is 25.9. The minimum atomic E-state index is -0.248. The number of aromatic nitrogens is 2. The summed E-state index contributed by atoms with van der Waals surface area (Å²) in [6, 6.07) is 7.10. The van der Waals surface area contributed by atoms with E-state index in [2.05, 4.69) is 15.5 Å². The molecule has 23 heavy (non-hydrogen) atoms. The molecule has 0 unspecified atom stereocenters. The van der Waals surface area contributed by atoms with E-state index < -0.39 is 0 Å². The Labute approximate surface area is 142 Å². The Kier molecular flexibility index (Phi) is 4.92. The lowest BCUT2D eigenvalue weighted by Gasteiger charge is -2.16. The lowest BCUT2D eigenvalue weighted by atomic mass is 10.2. The van der Waals surface area contributed by atoms with Gasteiger partial charge in [0.05, 0.1) is 0 Å². The van der Waals surface area contributed by atoms with Crippen LogP contribution in [0.2, 0.25) is 0 Å². The van der Waals surface area contributed by atoms with Crippen LogP contribution in [0.1, 0.15) is 30.1 Å². The van der Waals surface area contributed by atoms with Gasteiger partial charge in [0.2, 0.25) is 11.0 Å². The van der Waals surface area contributed by atoms with E-state index in [1.54, 1.807) is 34.9 Å². The van der Waals surface area contributed by atoms with Gasteiger partial charge in [0.1, 0.15) is 0 Å². The fraction of sp³-hybridized carbons (Fsp3) is 0.333. The quantitative estimate of drug-likeness (QED) is 0.664. The van der Waals surface area contributed by atoms with Crippen molar-refractivity contribution in [3.8, 4) is 0 Å². The summed E-state index contributed by atoms with van der Waals surface area (Å²) in [5, 5.41) is 11.2. The van der Waals surface area contributed by atoms with Gasteiger partial charge in [-0.3, -0.25) is 14.9 Å². The molecule has 0 atom stereocenters. The fourth-order valence-electron chi connectivity index (χ4n) is 2.35. The number of hydrogen-bond donors (Lipinski definition) is 1. The average molecular weight is 348 g/mol. The van der Waals surface area contributed by atoms with Gasteiger partial charge in [0.15, 0.2) is 4.34 Å². The molecule has 0 saturated carbocycles. The highest BCUT2D eigenvalue weighted by molar-refractivity contribution is 8.01. The normalized spacial score (nSPS) is 14.3. The summed E-state index contributed by atoms with van der Waals surface area (Å²) >= 11 is 2.94. The van der Waals surface area contributed by atoms with Crippen LogP contribution in [0.15, 0.2) is 28.6 Å². The van der Waals surface area contributed by atoms with Gasteiger partial charge in [-0.1, -0.05) is 36.1 Å². The summed E-state index contributed by atoms with van der Waals surface area (Å²) in [6.45, 7) is 2.74. The smallest absolute Gasteiger partial charge is 0.257 e. The molecule has 2 heterocycles. The van der Waals surface area contributed by atoms with E-state index in [1.165, 1.54) is 11.3 Å². The van der Waals surface area contributed by atoms with Crippen molar-refractivity contribution in [2.75, 3.05) is 22.5 Å². The minimum absolute atomic E-state index is 0.105. The highest BCUT2D eigenvalue weighted by Gasteiger charge is 2.22. The van der Waals surface area contributed by atoms with E-state index in [0.717, 1.165) is 22.2 Å². The maximum Gasteiger partial charge on any atom is 0.257 e. The number of benzene rings is 1. The molecule has 0 radical (unpaired) electrons. The second-order valence-corrected chi connectivity index (χ2v) is 7.45. The van der Waals surface area contributed by atoms with Crippen LogP contribution in [-0.4, -0.2) is 34.3 Å². The van der Waals surface area contributed by atoms with Crippen molar-refractivity contribution in [2.24, 2.45) is 0 Å². The molecule has 6 nitrogen and oxygen atoms in total. The number of nitrogens with zero attached hydrogens (tertiary/aromatic N) is 3. The zero-order valence-corrected chi connectivity index (χ0v) is 14.2. The Morgan fingerprint density at radius 2 is 2.30 bits per heavy atom. The Balaban J connectivity index is 1.72. The van der Waals surface area contributed by atoms with Crippen molar-refractivity contribution >= 4 is 45.7 Å². The summed E-state index contributed by atoms with van der Waals surface area (Å²) in [6.07, 6.45) is 1.43. The largest absolute Gasteiger partial charge is 0.312 e. The predicted octanol–water partition coefficient (Wildman–Crippen LogP) is 3.03. The Morgan fingerprint density at radius 1 is 1.43 bits per heavy atom. The zero-order chi connectivity index (χ0) is 16.2. The van der Waals surface area contributed by atoms with Gasteiger partial charge in [0.25, 0.3) is 5.91 Å². The van der Waals surface area contributed by atoms with Gasteiger partial charge in [-0.25, -0.2) is 0 Å². The van der Waals surface area contributed by atoms with E-state index in [9.17, 15) is 9.59 Å². The first-order valence-electron chi connectivity index (χ1n) is 7.35. The minimum Gasteiger partial charge on any atom is -0.312 e. The van der Waals surface area contributed by atoms with Crippen LogP contribution >= 0.6 is 23.1 Å². The standard InChI is InChI=1S/C15H16N4O2S2/c1-2-22-15-18-17-14(23-15)16-13(21)10-5-3-6-11(9-10)19-8-4-7-12(19)20/h3,5-6,9H,2,4,7-8H2,1H3,(H,16,17,21). The Bertz CT molecular complexity index is 732. The van der Waals surface area contributed by atoms with Gasteiger partial charge in [-0.05, 0) is 30.4 Å². The molecule has 1 fully saturated rings. The van der Waals surface area contributed by atoms with Crippen molar-refractivity contribution in [1.29, 1.82) is 0 Å². The number of carbonyl (C=O) groups is 2. The first-order chi connectivity index (χ1) is 11.2.